The topological polar surface area (TPSA) is 149 Å². The van der Waals surface area contributed by atoms with Gasteiger partial charge < -0.3 is 24.6 Å². The van der Waals surface area contributed by atoms with Crippen molar-refractivity contribution in [3.05, 3.63) is 48.6 Å². The first-order valence-corrected chi connectivity index (χ1v) is 15.1. The lowest BCUT2D eigenvalue weighted by molar-refractivity contribution is -0.153. The molecular formula is C28H47O10P. The molecule has 0 aliphatic rings. The van der Waals surface area contributed by atoms with Crippen molar-refractivity contribution in [2.45, 2.75) is 90.3 Å². The van der Waals surface area contributed by atoms with Crippen molar-refractivity contribution in [3.63, 3.8) is 0 Å². The van der Waals surface area contributed by atoms with Crippen LogP contribution in [0.25, 0.3) is 0 Å². The van der Waals surface area contributed by atoms with Crippen LogP contribution < -0.4 is 0 Å². The van der Waals surface area contributed by atoms with Gasteiger partial charge in [0.05, 0.1) is 26.4 Å². The van der Waals surface area contributed by atoms with Crippen LogP contribution in [-0.2, 0) is 32.7 Å². The molecule has 224 valence electrons. The quantitative estimate of drug-likeness (QED) is 0.0616. The van der Waals surface area contributed by atoms with Gasteiger partial charge >= 0.3 is 19.8 Å². The molecule has 0 saturated heterocycles. The molecule has 0 saturated carbocycles. The second kappa shape index (κ2) is 24.9. The molecule has 0 heterocycles. The normalized spacial score (nSPS) is 15.3. The van der Waals surface area contributed by atoms with E-state index < -0.39 is 58.4 Å². The summed E-state index contributed by atoms with van der Waals surface area (Å²) < 4.78 is 31.5. The number of aliphatic hydroxyl groups excluding tert-OH is 2. The van der Waals surface area contributed by atoms with Crippen molar-refractivity contribution < 1.29 is 47.8 Å². The lowest BCUT2D eigenvalue weighted by Gasteiger charge is -2.20. The number of unbranched alkanes of at least 4 members (excludes halogenated alkanes) is 2. The van der Waals surface area contributed by atoms with E-state index in [0.29, 0.717) is 12.8 Å². The lowest BCUT2D eigenvalue weighted by Crippen LogP contribution is -2.28. The van der Waals surface area contributed by atoms with Gasteiger partial charge in [0.15, 0.2) is 0 Å². The lowest BCUT2D eigenvalue weighted by atomic mass is 10.2. The van der Waals surface area contributed by atoms with Gasteiger partial charge in [0, 0.05) is 12.8 Å². The second-order valence-corrected chi connectivity index (χ2v) is 10.1. The van der Waals surface area contributed by atoms with Crippen molar-refractivity contribution >= 4 is 19.8 Å². The first-order chi connectivity index (χ1) is 18.8. The van der Waals surface area contributed by atoms with Crippen molar-refractivity contribution in [1.82, 2.24) is 0 Å². The zero-order valence-electron chi connectivity index (χ0n) is 23.3. The molecule has 0 amide bonds. The van der Waals surface area contributed by atoms with Gasteiger partial charge in [-0.3, -0.25) is 18.6 Å². The number of aliphatic hydroxyl groups is 2. The Hall–Kier alpha value is -2.07. The molecule has 0 bridgehead atoms. The van der Waals surface area contributed by atoms with Gasteiger partial charge in [-0.25, -0.2) is 4.57 Å². The van der Waals surface area contributed by atoms with E-state index in [-0.39, 0.29) is 12.8 Å². The van der Waals surface area contributed by atoms with Gasteiger partial charge in [0.2, 0.25) is 0 Å². The van der Waals surface area contributed by atoms with Gasteiger partial charge in [-0.1, -0.05) is 62.5 Å². The average Bonchev–Trinajstić information content (AvgIpc) is 2.91. The highest BCUT2D eigenvalue weighted by atomic mass is 31.2. The van der Waals surface area contributed by atoms with Crippen molar-refractivity contribution in [3.8, 4) is 0 Å². The van der Waals surface area contributed by atoms with Gasteiger partial charge in [0.25, 0.3) is 0 Å². The van der Waals surface area contributed by atoms with E-state index in [0.717, 1.165) is 38.5 Å². The number of phosphoric ester groups is 1. The maximum absolute atomic E-state index is 12.0. The Kier molecular flexibility index (Phi) is 23.6. The molecule has 0 rings (SSSR count). The number of esters is 2. The van der Waals surface area contributed by atoms with Crippen LogP contribution in [0.2, 0.25) is 0 Å². The van der Waals surface area contributed by atoms with Crippen LogP contribution >= 0.6 is 7.82 Å². The summed E-state index contributed by atoms with van der Waals surface area (Å²) in [6, 6.07) is 0. The van der Waals surface area contributed by atoms with Crippen LogP contribution in [0.5, 0.6) is 0 Å². The maximum Gasteiger partial charge on any atom is 0.472 e. The van der Waals surface area contributed by atoms with Crippen molar-refractivity contribution in [2.75, 3.05) is 26.4 Å². The molecule has 39 heavy (non-hydrogen) atoms. The van der Waals surface area contributed by atoms with Crippen molar-refractivity contribution in [1.29, 1.82) is 0 Å². The number of hydrogen-bond acceptors (Lipinski definition) is 9. The standard InChI is InChI=1S/C28H47O10P/c1-3-5-6-7-8-9-10-11-12-13-14-15-16-17-18-20-28(32)38-26(22-30)24-36-39(33,34)35-23-25(21-29)37-27(31)19-4-2/h5-6,8-9,11-12,14-15,25-26,29-30H,3-4,7,10,13,16-24H2,1-2H3,(H,33,34)/b6-5-,9-8-,12-11-,15-14-. The van der Waals surface area contributed by atoms with E-state index in [4.69, 9.17) is 18.5 Å². The molecule has 0 radical (unpaired) electrons. The van der Waals surface area contributed by atoms with Crippen LogP contribution in [0.4, 0.5) is 0 Å². The Morgan fingerprint density at radius 3 is 1.64 bits per heavy atom. The monoisotopic (exact) mass is 574 g/mol. The van der Waals surface area contributed by atoms with Crippen LogP contribution in [-0.4, -0.2) is 65.7 Å². The van der Waals surface area contributed by atoms with Crippen molar-refractivity contribution in [2.24, 2.45) is 0 Å². The Bertz CT molecular complexity index is 806. The van der Waals surface area contributed by atoms with E-state index in [9.17, 15) is 29.3 Å². The molecule has 0 aliphatic carbocycles. The molecule has 0 fully saturated rings. The fraction of sp³-hybridized carbons (Fsp3) is 0.643. The number of phosphoric acid groups is 1. The van der Waals surface area contributed by atoms with Crippen LogP contribution in [0.15, 0.2) is 48.6 Å². The fourth-order valence-corrected chi connectivity index (χ4v) is 3.75. The molecule has 10 nitrogen and oxygen atoms in total. The van der Waals surface area contributed by atoms with Crippen LogP contribution in [0, 0.1) is 0 Å². The van der Waals surface area contributed by atoms with Gasteiger partial charge in [-0.15, -0.1) is 0 Å². The van der Waals surface area contributed by atoms with Crippen LogP contribution in [0.3, 0.4) is 0 Å². The zero-order valence-corrected chi connectivity index (χ0v) is 24.2. The van der Waals surface area contributed by atoms with E-state index in [1.54, 1.807) is 6.92 Å². The Labute approximate surface area is 233 Å². The molecule has 0 aromatic carbocycles. The molecule has 3 unspecified atom stereocenters. The molecule has 0 aliphatic heterocycles. The Morgan fingerprint density at radius 2 is 1.18 bits per heavy atom. The number of carbonyl (C=O) groups is 2. The minimum Gasteiger partial charge on any atom is -0.457 e. The minimum atomic E-state index is -4.61. The molecule has 3 N–H and O–H groups in total. The summed E-state index contributed by atoms with van der Waals surface area (Å²) in [5, 5.41) is 18.6. The summed E-state index contributed by atoms with van der Waals surface area (Å²) in [7, 11) is -4.61. The summed E-state index contributed by atoms with van der Waals surface area (Å²) in [4.78, 5) is 33.3. The fourth-order valence-electron chi connectivity index (χ4n) is 2.96. The summed E-state index contributed by atoms with van der Waals surface area (Å²) >= 11 is 0. The highest BCUT2D eigenvalue weighted by Crippen LogP contribution is 2.43. The summed E-state index contributed by atoms with van der Waals surface area (Å²) in [5.41, 5.74) is 0. The molecule has 0 aromatic heterocycles. The molecule has 3 atom stereocenters. The second-order valence-electron chi connectivity index (χ2n) is 8.65. The highest BCUT2D eigenvalue weighted by molar-refractivity contribution is 7.47. The average molecular weight is 575 g/mol. The third-order valence-electron chi connectivity index (χ3n) is 5.03. The number of allylic oxidation sites excluding steroid dienone is 8. The number of rotatable bonds is 24. The predicted octanol–water partition coefficient (Wildman–Crippen LogP) is 5.09. The Balaban J connectivity index is 4.09. The minimum absolute atomic E-state index is 0.137. The number of carbonyl (C=O) groups excluding carboxylic acids is 2. The number of ether oxygens (including phenoxy) is 2. The van der Waals surface area contributed by atoms with E-state index >= 15 is 0 Å². The van der Waals surface area contributed by atoms with Gasteiger partial charge in [0.1, 0.15) is 12.2 Å². The van der Waals surface area contributed by atoms with E-state index in [2.05, 4.69) is 55.5 Å². The molecule has 0 aromatic rings. The highest BCUT2D eigenvalue weighted by Gasteiger charge is 2.27. The smallest absolute Gasteiger partial charge is 0.457 e. The molecule has 11 heteroatoms. The summed E-state index contributed by atoms with van der Waals surface area (Å²) in [5.74, 6) is -1.13. The third kappa shape index (κ3) is 23.5. The summed E-state index contributed by atoms with van der Waals surface area (Å²) in [6.07, 6.45) is 21.5. The summed E-state index contributed by atoms with van der Waals surface area (Å²) in [6.45, 7) is 1.54. The predicted molar refractivity (Wildman–Crippen MR) is 150 cm³/mol. The zero-order chi connectivity index (χ0) is 29.2. The number of hydrogen-bond donors (Lipinski definition) is 3. The molecular weight excluding hydrogens is 527 g/mol. The Morgan fingerprint density at radius 1 is 0.718 bits per heavy atom. The first-order valence-electron chi connectivity index (χ1n) is 13.6. The van der Waals surface area contributed by atoms with Gasteiger partial charge in [-0.2, -0.15) is 0 Å². The maximum atomic E-state index is 12.0. The van der Waals surface area contributed by atoms with Gasteiger partial charge in [-0.05, 0) is 51.4 Å². The van der Waals surface area contributed by atoms with E-state index in [1.807, 2.05) is 0 Å². The third-order valence-corrected chi connectivity index (χ3v) is 5.98. The largest absolute Gasteiger partial charge is 0.472 e. The SMILES string of the molecule is CC/C=C\C/C=C\C/C=C\C/C=C\CCCCC(=O)OC(CO)COP(=O)(O)OCC(CO)OC(=O)CCC. The first kappa shape index (κ1) is 36.9. The van der Waals surface area contributed by atoms with Crippen LogP contribution in [0.1, 0.15) is 78.1 Å². The van der Waals surface area contributed by atoms with E-state index in [1.165, 1.54) is 0 Å². The molecule has 0 spiro atoms.